The maximum Gasteiger partial charge on any atom is 0.303 e. The van der Waals surface area contributed by atoms with Crippen molar-refractivity contribution in [3.63, 3.8) is 0 Å². The summed E-state index contributed by atoms with van der Waals surface area (Å²) < 4.78 is 0. The van der Waals surface area contributed by atoms with E-state index in [1.807, 2.05) is 0 Å². The monoisotopic (exact) mass is 307 g/mol. The predicted octanol–water partition coefficient (Wildman–Crippen LogP) is -3.71. The van der Waals surface area contributed by atoms with E-state index in [9.17, 15) is 24.6 Å². The lowest BCUT2D eigenvalue weighted by molar-refractivity contribution is -0.333. The van der Waals surface area contributed by atoms with Crippen molar-refractivity contribution in [2.75, 3.05) is 6.54 Å². The third kappa shape index (κ3) is 11.8. The number of aliphatic carboxylic acids is 3. The molecule has 0 rings (SSSR count). The topological polar surface area (TPSA) is 184 Å². The van der Waals surface area contributed by atoms with E-state index in [0.717, 1.165) is 6.42 Å². The molecule has 0 saturated carbocycles. The van der Waals surface area contributed by atoms with Gasteiger partial charge in [-0.25, -0.2) is 0 Å². The number of aliphatic hydroxyl groups is 2. The van der Waals surface area contributed by atoms with Gasteiger partial charge in [0.2, 0.25) is 0 Å². The Morgan fingerprint density at radius 3 is 1.62 bits per heavy atom. The van der Waals surface area contributed by atoms with Crippen molar-refractivity contribution in [1.82, 2.24) is 0 Å². The molecular weight excluding hydrogens is 286 g/mol. The van der Waals surface area contributed by atoms with Gasteiger partial charge in [-0.2, -0.15) is 0 Å². The van der Waals surface area contributed by atoms with Crippen LogP contribution in [0.3, 0.4) is 0 Å². The van der Waals surface area contributed by atoms with Crippen LogP contribution in [0.25, 0.3) is 0 Å². The van der Waals surface area contributed by atoms with Gasteiger partial charge in [-0.15, -0.1) is 0 Å². The molecule has 9 nitrogen and oxygen atoms in total. The van der Waals surface area contributed by atoms with Crippen LogP contribution < -0.4 is 15.9 Å². The number of hydrogen-bond donors (Lipinski definition) is 4. The average molecular weight is 307 g/mol. The molecule has 5 N–H and O–H groups in total. The summed E-state index contributed by atoms with van der Waals surface area (Å²) in [6.45, 7) is 4.62. The normalized spacial score (nSPS) is 14.6. The van der Waals surface area contributed by atoms with Crippen LogP contribution in [0, 0.1) is 11.8 Å². The zero-order chi connectivity index (χ0) is 17.2. The van der Waals surface area contributed by atoms with Crippen LogP contribution >= 0.6 is 0 Å². The highest BCUT2D eigenvalue weighted by Crippen LogP contribution is 2.13. The van der Waals surface area contributed by atoms with Gasteiger partial charge in [-0.1, -0.05) is 13.8 Å². The molecule has 0 aromatic carbocycles. The minimum Gasteiger partial charge on any atom is -0.547 e. The molecule has 0 aliphatic heterocycles. The molecule has 21 heavy (non-hydrogen) atoms. The summed E-state index contributed by atoms with van der Waals surface area (Å²) in [7, 11) is 0. The lowest BCUT2D eigenvalue weighted by Crippen LogP contribution is -2.51. The number of carbonyl (C=O) groups is 3. The fraction of sp³-hybridized carbons (Fsp3) is 0.750. The second-order valence-electron chi connectivity index (χ2n) is 4.86. The Labute approximate surface area is 122 Å². The van der Waals surface area contributed by atoms with Gasteiger partial charge in [0.25, 0.3) is 0 Å². The molecule has 124 valence electrons. The summed E-state index contributed by atoms with van der Waals surface area (Å²) in [6.07, 6.45) is -3.77. The van der Waals surface area contributed by atoms with Gasteiger partial charge in [0, 0.05) is 6.42 Å². The van der Waals surface area contributed by atoms with Gasteiger partial charge in [0.15, 0.2) is 0 Å². The largest absolute Gasteiger partial charge is 0.547 e. The molecule has 0 heterocycles. The predicted molar refractivity (Wildman–Crippen MR) is 66.3 cm³/mol. The number of aliphatic hydroxyl groups excluding tert-OH is 2. The molecule has 0 radical (unpaired) electrons. The van der Waals surface area contributed by atoms with Crippen molar-refractivity contribution < 1.29 is 39.9 Å². The Bertz CT molecular complexity index is 326. The molecule has 0 aromatic heterocycles. The van der Waals surface area contributed by atoms with Crippen molar-refractivity contribution in [2.45, 2.75) is 38.9 Å². The highest BCUT2D eigenvalue weighted by molar-refractivity contribution is 5.80. The number of carboxylic acids is 3. The minimum absolute atomic E-state index is 0.146. The molecule has 0 aromatic rings. The summed E-state index contributed by atoms with van der Waals surface area (Å²) >= 11 is 0. The summed E-state index contributed by atoms with van der Waals surface area (Å²) in [5.41, 5.74) is 5.41. The van der Waals surface area contributed by atoms with Crippen LogP contribution in [0.2, 0.25) is 0 Å². The van der Waals surface area contributed by atoms with Crippen molar-refractivity contribution in [3.8, 4) is 0 Å². The van der Waals surface area contributed by atoms with Crippen LogP contribution in [0.15, 0.2) is 0 Å². The van der Waals surface area contributed by atoms with Crippen molar-refractivity contribution in [1.29, 1.82) is 0 Å². The first kappa shape index (κ1) is 21.6. The summed E-state index contributed by atoms with van der Waals surface area (Å²) in [6, 6.07) is 0. The standard InChI is InChI=1S/C8H17NO2.C4H6O6/c1-6(2)3-7(5-9)4-8(10)11;5-1(3(7)8)2(6)4(9)10/h6-7H,3-5,9H2,1-2H3,(H,10,11);1-2,5-6H,(H,7,8)(H,9,10)/p-2/t7-;1-,2-/m01/s1. The smallest absolute Gasteiger partial charge is 0.303 e. The van der Waals surface area contributed by atoms with Gasteiger partial charge >= 0.3 is 5.97 Å². The van der Waals surface area contributed by atoms with Crippen LogP contribution in [-0.2, 0) is 14.4 Å². The summed E-state index contributed by atoms with van der Waals surface area (Å²) in [4.78, 5) is 29.6. The van der Waals surface area contributed by atoms with E-state index in [1.165, 1.54) is 0 Å². The van der Waals surface area contributed by atoms with Gasteiger partial charge < -0.3 is 40.9 Å². The molecule has 0 spiro atoms. The van der Waals surface area contributed by atoms with E-state index >= 15 is 0 Å². The van der Waals surface area contributed by atoms with Gasteiger partial charge in [0.05, 0.1) is 11.9 Å². The minimum atomic E-state index is -2.44. The quantitative estimate of drug-likeness (QED) is 0.350. The third-order valence-corrected chi connectivity index (χ3v) is 2.38. The van der Waals surface area contributed by atoms with E-state index in [0.29, 0.717) is 12.5 Å². The van der Waals surface area contributed by atoms with E-state index in [1.54, 1.807) is 0 Å². The van der Waals surface area contributed by atoms with Crippen molar-refractivity contribution >= 4 is 17.9 Å². The second kappa shape index (κ2) is 11.0. The molecule has 0 aliphatic carbocycles. The number of carbonyl (C=O) groups excluding carboxylic acids is 2. The van der Waals surface area contributed by atoms with Crippen LogP contribution in [0.4, 0.5) is 0 Å². The molecule has 0 bridgehead atoms. The molecule has 0 fully saturated rings. The Balaban J connectivity index is 0. The number of rotatable bonds is 8. The van der Waals surface area contributed by atoms with Gasteiger partial charge in [-0.05, 0) is 24.8 Å². The highest BCUT2D eigenvalue weighted by atomic mass is 16.4. The zero-order valence-electron chi connectivity index (χ0n) is 11.9. The highest BCUT2D eigenvalue weighted by Gasteiger charge is 2.17. The average Bonchev–Trinajstić information content (AvgIpc) is 2.35. The van der Waals surface area contributed by atoms with Gasteiger partial charge in [0.1, 0.15) is 12.2 Å². The lowest BCUT2D eigenvalue weighted by Gasteiger charge is -2.18. The molecule has 0 aliphatic rings. The Kier molecular flexibility index (Phi) is 11.3. The fourth-order valence-electron chi connectivity index (χ4n) is 1.43. The maximum atomic E-state index is 10.3. The Morgan fingerprint density at radius 1 is 1.05 bits per heavy atom. The molecule has 9 heteroatoms. The Hall–Kier alpha value is -1.71. The maximum absolute atomic E-state index is 10.3. The van der Waals surface area contributed by atoms with Crippen LogP contribution in [-0.4, -0.2) is 52.0 Å². The first-order chi connectivity index (χ1) is 9.52. The Morgan fingerprint density at radius 2 is 1.43 bits per heavy atom. The fourth-order valence-corrected chi connectivity index (χ4v) is 1.43. The molecular formula is C12H21NO8-2. The zero-order valence-corrected chi connectivity index (χ0v) is 11.9. The number of nitrogens with two attached hydrogens (primary N) is 1. The number of carboxylic acid groups (broad SMARTS) is 3. The van der Waals surface area contributed by atoms with E-state index in [-0.39, 0.29) is 12.3 Å². The van der Waals surface area contributed by atoms with Crippen molar-refractivity contribution in [3.05, 3.63) is 0 Å². The van der Waals surface area contributed by atoms with E-state index in [4.69, 9.17) is 21.1 Å². The van der Waals surface area contributed by atoms with Crippen LogP contribution in [0.1, 0.15) is 26.7 Å². The van der Waals surface area contributed by atoms with Crippen LogP contribution in [0.5, 0.6) is 0 Å². The van der Waals surface area contributed by atoms with E-state index in [2.05, 4.69) is 13.8 Å². The number of hydrogen-bond acceptors (Lipinski definition) is 8. The molecule has 3 atom stereocenters. The van der Waals surface area contributed by atoms with E-state index < -0.39 is 30.1 Å². The first-order valence-electron chi connectivity index (χ1n) is 6.22. The summed E-state index contributed by atoms with van der Waals surface area (Å²) in [5.74, 6) is -4.19. The summed E-state index contributed by atoms with van der Waals surface area (Å²) in [5, 5.41) is 44.2. The van der Waals surface area contributed by atoms with Gasteiger partial charge in [-0.3, -0.25) is 4.79 Å². The molecule has 0 unspecified atom stereocenters. The third-order valence-electron chi connectivity index (χ3n) is 2.38. The van der Waals surface area contributed by atoms with Crippen molar-refractivity contribution in [2.24, 2.45) is 17.6 Å². The first-order valence-corrected chi connectivity index (χ1v) is 6.22. The molecule has 0 amide bonds. The second-order valence-corrected chi connectivity index (χ2v) is 4.86. The molecule has 0 saturated heterocycles. The lowest BCUT2D eigenvalue weighted by atomic mass is 9.94. The SMILES string of the molecule is CC(C)C[C@H](CN)CC(=O)O.O=C([O-])[C@H](O)[C@@H](O)C(=O)[O-].